The third-order valence-electron chi connectivity index (χ3n) is 6.89. The predicted octanol–water partition coefficient (Wildman–Crippen LogP) is 4.42. The molecule has 2 amide bonds. The Morgan fingerprint density at radius 1 is 1.23 bits per heavy atom. The topological polar surface area (TPSA) is 76.6 Å². The average Bonchev–Trinajstić information content (AvgIpc) is 3.11. The van der Waals surface area contributed by atoms with Crippen LogP contribution in [0.2, 0.25) is 0 Å². The number of fused-ring (bicyclic) bond motifs is 3. The van der Waals surface area contributed by atoms with E-state index in [1.165, 1.54) is 21.5 Å². The zero-order chi connectivity index (χ0) is 20.5. The maximum Gasteiger partial charge on any atom is 0.407 e. The zero-order valence-electron chi connectivity index (χ0n) is 17.7. The van der Waals surface area contributed by atoms with E-state index in [4.69, 9.17) is 0 Å². The van der Waals surface area contributed by atoms with Gasteiger partial charge in [-0.05, 0) is 43.2 Å². The standard InChI is InChI=1S/C23H31N3O3.Fe/c1-3-20-21-18(17-10-6-7-11-19(17)24-21)12-13-26(20)22(27)16-9-5-4-8-15(16)14-25(2)23(28)29;/h6-7,10-11,15-16,20,24H,3-5,8-9,12-14H2,1-2H3,(H,28,29);. The maximum atomic E-state index is 13.7. The minimum absolute atomic E-state index is 0. The molecule has 1 fully saturated rings. The Morgan fingerprint density at radius 3 is 2.70 bits per heavy atom. The van der Waals surface area contributed by atoms with E-state index < -0.39 is 6.09 Å². The number of amides is 2. The Bertz CT molecular complexity index is 912. The van der Waals surface area contributed by atoms with Gasteiger partial charge in [0.2, 0.25) is 5.91 Å². The summed E-state index contributed by atoms with van der Waals surface area (Å²) in [6.07, 6.45) is 4.73. The summed E-state index contributed by atoms with van der Waals surface area (Å²) in [5, 5.41) is 10.5. The van der Waals surface area contributed by atoms with E-state index in [1.807, 2.05) is 6.07 Å². The molecule has 3 atom stereocenters. The number of carbonyl (C=O) groups excluding carboxylic acids is 1. The summed E-state index contributed by atoms with van der Waals surface area (Å²) in [6.45, 7) is 3.32. The van der Waals surface area contributed by atoms with E-state index in [9.17, 15) is 14.7 Å². The molecule has 1 aliphatic carbocycles. The van der Waals surface area contributed by atoms with E-state index in [0.29, 0.717) is 6.54 Å². The Kier molecular flexibility index (Phi) is 7.14. The van der Waals surface area contributed by atoms with Crippen LogP contribution in [-0.4, -0.2) is 52.0 Å². The Morgan fingerprint density at radius 2 is 1.97 bits per heavy atom. The van der Waals surface area contributed by atoms with Crippen molar-refractivity contribution in [1.82, 2.24) is 14.8 Å². The smallest absolute Gasteiger partial charge is 0.407 e. The monoisotopic (exact) mass is 453 g/mol. The van der Waals surface area contributed by atoms with Crippen molar-refractivity contribution >= 4 is 22.9 Å². The molecule has 6 nitrogen and oxygen atoms in total. The van der Waals surface area contributed by atoms with E-state index >= 15 is 0 Å². The van der Waals surface area contributed by atoms with Gasteiger partial charge in [-0.25, -0.2) is 4.79 Å². The molecule has 0 saturated heterocycles. The number of para-hydroxylation sites is 1. The number of nitrogens with one attached hydrogen (secondary N) is 1. The summed E-state index contributed by atoms with van der Waals surface area (Å²) < 4.78 is 0. The Hall–Kier alpha value is -1.98. The van der Waals surface area contributed by atoms with Gasteiger partial charge in [-0.3, -0.25) is 4.79 Å². The molecule has 1 aromatic carbocycles. The van der Waals surface area contributed by atoms with Crippen molar-refractivity contribution in [3.8, 4) is 0 Å². The van der Waals surface area contributed by atoms with Crippen LogP contribution in [0.4, 0.5) is 4.79 Å². The molecule has 4 rings (SSSR count). The number of hydrogen-bond donors (Lipinski definition) is 2. The van der Waals surface area contributed by atoms with Crippen LogP contribution in [0.3, 0.4) is 0 Å². The average molecular weight is 453 g/mol. The van der Waals surface area contributed by atoms with Gasteiger partial charge in [0.1, 0.15) is 0 Å². The third kappa shape index (κ3) is 4.10. The van der Waals surface area contributed by atoms with E-state index in [-0.39, 0.29) is 40.9 Å². The Labute approximate surface area is 188 Å². The van der Waals surface area contributed by atoms with Crippen molar-refractivity contribution in [2.24, 2.45) is 11.8 Å². The number of aromatic nitrogens is 1. The second kappa shape index (κ2) is 9.44. The van der Waals surface area contributed by atoms with Crippen molar-refractivity contribution in [2.75, 3.05) is 20.1 Å². The summed E-state index contributed by atoms with van der Waals surface area (Å²) in [6, 6.07) is 8.44. The molecule has 2 aromatic rings. The van der Waals surface area contributed by atoms with Crippen LogP contribution in [0.5, 0.6) is 0 Å². The molecular weight excluding hydrogens is 422 g/mol. The SMILES string of the molecule is CCC1c2[nH]c3ccccc3c2CCN1C(=O)C1CCCCC1CN(C)C(=O)O.[Fe]. The molecule has 2 heterocycles. The van der Waals surface area contributed by atoms with Gasteiger partial charge in [0.15, 0.2) is 0 Å². The van der Waals surface area contributed by atoms with Crippen LogP contribution in [0.25, 0.3) is 10.9 Å². The molecule has 0 radical (unpaired) electrons. The van der Waals surface area contributed by atoms with Crippen LogP contribution in [-0.2, 0) is 28.3 Å². The molecule has 1 aliphatic heterocycles. The number of carbonyl (C=O) groups is 2. The quantitative estimate of drug-likeness (QED) is 0.674. The van der Waals surface area contributed by atoms with E-state index in [2.05, 4.69) is 35.0 Å². The van der Waals surface area contributed by atoms with Crippen molar-refractivity contribution < 1.29 is 31.8 Å². The number of carboxylic acid groups (broad SMARTS) is 1. The third-order valence-corrected chi connectivity index (χ3v) is 6.89. The first kappa shape index (κ1) is 22.7. The summed E-state index contributed by atoms with van der Waals surface area (Å²) in [5.74, 6) is 0.245. The number of H-pyrrole nitrogens is 1. The van der Waals surface area contributed by atoms with Crippen molar-refractivity contribution in [3.63, 3.8) is 0 Å². The van der Waals surface area contributed by atoms with Crippen LogP contribution in [0, 0.1) is 11.8 Å². The fourth-order valence-electron chi connectivity index (χ4n) is 5.40. The molecular formula is C23H31FeN3O3. The molecule has 0 spiro atoms. The number of nitrogens with zero attached hydrogens (tertiary/aromatic N) is 2. The molecule has 1 aromatic heterocycles. The number of hydrogen-bond acceptors (Lipinski definition) is 2. The van der Waals surface area contributed by atoms with Gasteiger partial charge in [-0.15, -0.1) is 0 Å². The molecule has 2 N–H and O–H groups in total. The van der Waals surface area contributed by atoms with Gasteiger partial charge >= 0.3 is 6.09 Å². The Balaban J connectivity index is 0.00000256. The molecule has 2 aliphatic rings. The summed E-state index contributed by atoms with van der Waals surface area (Å²) in [5.41, 5.74) is 3.68. The minimum Gasteiger partial charge on any atom is -0.465 e. The first-order valence-electron chi connectivity index (χ1n) is 10.8. The second-order valence-corrected chi connectivity index (χ2v) is 8.58. The first-order valence-corrected chi connectivity index (χ1v) is 10.8. The zero-order valence-corrected chi connectivity index (χ0v) is 18.8. The van der Waals surface area contributed by atoms with Crippen molar-refractivity contribution in [2.45, 2.75) is 51.5 Å². The van der Waals surface area contributed by atoms with Crippen LogP contribution in [0.15, 0.2) is 24.3 Å². The number of aromatic amines is 1. The maximum absolute atomic E-state index is 13.7. The van der Waals surface area contributed by atoms with Gasteiger partial charge in [0.25, 0.3) is 0 Å². The van der Waals surface area contributed by atoms with Crippen LogP contribution < -0.4 is 0 Å². The molecule has 30 heavy (non-hydrogen) atoms. The molecule has 3 unspecified atom stereocenters. The minimum atomic E-state index is -0.922. The van der Waals surface area contributed by atoms with Gasteiger partial charge in [0, 0.05) is 59.7 Å². The molecule has 164 valence electrons. The molecule has 7 heteroatoms. The molecule has 1 saturated carbocycles. The normalized spacial score (nSPS) is 23.5. The van der Waals surface area contributed by atoms with Gasteiger partial charge in [-0.1, -0.05) is 38.0 Å². The largest absolute Gasteiger partial charge is 0.465 e. The molecule has 0 bridgehead atoms. The second-order valence-electron chi connectivity index (χ2n) is 8.58. The fourth-order valence-corrected chi connectivity index (χ4v) is 5.40. The number of rotatable bonds is 4. The van der Waals surface area contributed by atoms with Crippen LogP contribution >= 0.6 is 0 Å². The van der Waals surface area contributed by atoms with Crippen molar-refractivity contribution in [3.05, 3.63) is 35.5 Å². The first-order chi connectivity index (χ1) is 14.0. The fraction of sp³-hybridized carbons (Fsp3) is 0.565. The summed E-state index contributed by atoms with van der Waals surface area (Å²) in [7, 11) is 1.60. The van der Waals surface area contributed by atoms with Crippen molar-refractivity contribution in [1.29, 1.82) is 0 Å². The summed E-state index contributed by atoms with van der Waals surface area (Å²) in [4.78, 5) is 31.9. The summed E-state index contributed by atoms with van der Waals surface area (Å²) >= 11 is 0. The van der Waals surface area contributed by atoms with Crippen LogP contribution in [0.1, 0.15) is 56.3 Å². The number of benzene rings is 1. The van der Waals surface area contributed by atoms with E-state index in [0.717, 1.165) is 50.6 Å². The van der Waals surface area contributed by atoms with Gasteiger partial charge < -0.3 is 19.9 Å². The van der Waals surface area contributed by atoms with E-state index in [1.54, 1.807) is 7.05 Å². The van der Waals surface area contributed by atoms with Gasteiger partial charge in [0.05, 0.1) is 6.04 Å². The predicted molar refractivity (Wildman–Crippen MR) is 113 cm³/mol. The van der Waals surface area contributed by atoms with Gasteiger partial charge in [-0.2, -0.15) is 0 Å².